The topological polar surface area (TPSA) is 49.3 Å². The lowest BCUT2D eigenvalue weighted by Gasteiger charge is -2.57. The van der Waals surface area contributed by atoms with Crippen molar-refractivity contribution in [2.24, 2.45) is 40.4 Å². The lowest BCUT2D eigenvalue weighted by Crippen LogP contribution is -2.50. The molecule has 0 aromatic carbocycles. The number of hydrogen-bond acceptors (Lipinski definition) is 2. The summed E-state index contributed by atoms with van der Waals surface area (Å²) in [6.45, 7) is 7.13. The van der Waals surface area contributed by atoms with Gasteiger partial charge >= 0.3 is 0 Å². The van der Waals surface area contributed by atoms with E-state index in [9.17, 15) is 9.90 Å². The molecular weight excluding hydrogens is 322 g/mol. The van der Waals surface area contributed by atoms with E-state index in [4.69, 9.17) is 0 Å². The van der Waals surface area contributed by atoms with Gasteiger partial charge in [0, 0.05) is 13.0 Å². The van der Waals surface area contributed by atoms with Gasteiger partial charge in [0.2, 0.25) is 5.91 Å². The Bertz CT molecular complexity index is 613. The molecule has 0 heterocycles. The molecular formula is C23H37NO2. The fourth-order valence-electron chi connectivity index (χ4n) is 7.76. The van der Waals surface area contributed by atoms with Crippen molar-refractivity contribution in [1.82, 2.24) is 5.32 Å². The Morgan fingerprint density at radius 3 is 2.58 bits per heavy atom. The van der Waals surface area contributed by atoms with Crippen LogP contribution < -0.4 is 5.32 Å². The number of aliphatic hydroxyl groups is 1. The van der Waals surface area contributed by atoms with Crippen LogP contribution in [0.5, 0.6) is 0 Å². The van der Waals surface area contributed by atoms with E-state index in [1.165, 1.54) is 32.1 Å². The van der Waals surface area contributed by atoms with Crippen molar-refractivity contribution in [2.45, 2.75) is 78.2 Å². The molecule has 4 rings (SSSR count). The first kappa shape index (κ1) is 18.5. The van der Waals surface area contributed by atoms with Gasteiger partial charge in [0.25, 0.3) is 0 Å². The largest absolute Gasteiger partial charge is 0.393 e. The van der Waals surface area contributed by atoms with E-state index in [1.807, 2.05) is 0 Å². The van der Waals surface area contributed by atoms with Crippen molar-refractivity contribution < 1.29 is 9.90 Å². The number of allylic oxidation sites excluding steroid dienone is 2. The summed E-state index contributed by atoms with van der Waals surface area (Å²) in [7, 11) is 1.77. The van der Waals surface area contributed by atoms with Gasteiger partial charge in [-0.3, -0.25) is 4.79 Å². The summed E-state index contributed by atoms with van der Waals surface area (Å²) < 4.78 is 0. The maximum atomic E-state index is 12.3. The Kier molecular flexibility index (Phi) is 4.53. The van der Waals surface area contributed by atoms with Crippen LogP contribution in [0.2, 0.25) is 0 Å². The molecule has 0 radical (unpaired) electrons. The number of carbonyl (C=O) groups excluding carboxylic acids is 1. The van der Waals surface area contributed by atoms with Crippen LogP contribution in [-0.4, -0.2) is 24.2 Å². The van der Waals surface area contributed by atoms with Gasteiger partial charge in [0.15, 0.2) is 0 Å². The van der Waals surface area contributed by atoms with Crippen molar-refractivity contribution in [3.05, 3.63) is 11.6 Å². The van der Waals surface area contributed by atoms with Crippen LogP contribution in [0.25, 0.3) is 0 Å². The van der Waals surface area contributed by atoms with Crippen molar-refractivity contribution in [1.29, 1.82) is 0 Å². The third-order valence-corrected chi connectivity index (χ3v) is 9.39. The van der Waals surface area contributed by atoms with Gasteiger partial charge in [-0.25, -0.2) is 0 Å². The van der Waals surface area contributed by atoms with Gasteiger partial charge in [-0.2, -0.15) is 0 Å². The molecule has 8 atom stereocenters. The molecule has 0 aliphatic heterocycles. The van der Waals surface area contributed by atoms with Crippen molar-refractivity contribution in [3.63, 3.8) is 0 Å². The summed E-state index contributed by atoms with van der Waals surface area (Å²) in [5.41, 5.74) is 2.40. The highest BCUT2D eigenvalue weighted by Crippen LogP contribution is 2.66. The highest BCUT2D eigenvalue weighted by atomic mass is 16.3. The third-order valence-electron chi connectivity index (χ3n) is 9.39. The third kappa shape index (κ3) is 2.52. The van der Waals surface area contributed by atoms with Crippen LogP contribution in [0.4, 0.5) is 0 Å². The van der Waals surface area contributed by atoms with Crippen molar-refractivity contribution >= 4 is 5.91 Å². The Morgan fingerprint density at radius 1 is 1.15 bits per heavy atom. The molecule has 3 heteroatoms. The summed E-state index contributed by atoms with van der Waals surface area (Å²) in [5, 5.41) is 13.0. The van der Waals surface area contributed by atoms with Crippen LogP contribution in [0.1, 0.15) is 72.1 Å². The Hall–Kier alpha value is -0.830. The van der Waals surface area contributed by atoms with Gasteiger partial charge in [0.05, 0.1) is 6.10 Å². The second-order valence-electron chi connectivity index (χ2n) is 10.3. The molecule has 4 aliphatic rings. The SMILES string of the molecule is CNC(=O)[C@@H](C)[C@H]1CC[C@H]2C3=CCC4C[C@@H](O)CC[C@]4(C)[C@H]3CC[C@]12C. The molecule has 3 saturated carbocycles. The average molecular weight is 360 g/mol. The van der Waals surface area contributed by atoms with Gasteiger partial charge in [-0.15, -0.1) is 0 Å². The van der Waals surface area contributed by atoms with E-state index < -0.39 is 0 Å². The molecule has 0 aromatic rings. The number of nitrogens with one attached hydrogen (secondary N) is 1. The highest BCUT2D eigenvalue weighted by molar-refractivity contribution is 5.78. The molecule has 2 N–H and O–H groups in total. The molecule has 4 aliphatic carbocycles. The first-order valence-corrected chi connectivity index (χ1v) is 10.9. The van der Waals surface area contributed by atoms with E-state index in [1.54, 1.807) is 12.6 Å². The number of fused-ring (bicyclic) bond motifs is 5. The number of amides is 1. The molecule has 26 heavy (non-hydrogen) atoms. The van der Waals surface area contributed by atoms with Crippen molar-refractivity contribution in [3.8, 4) is 0 Å². The van der Waals surface area contributed by atoms with Gasteiger partial charge in [-0.1, -0.05) is 32.4 Å². The Morgan fingerprint density at radius 2 is 1.85 bits per heavy atom. The van der Waals surface area contributed by atoms with Crippen LogP contribution in [0.3, 0.4) is 0 Å². The minimum atomic E-state index is -0.0823. The highest BCUT2D eigenvalue weighted by Gasteiger charge is 2.58. The monoisotopic (exact) mass is 359 g/mol. The van der Waals surface area contributed by atoms with E-state index in [2.05, 4.69) is 32.2 Å². The van der Waals surface area contributed by atoms with E-state index in [0.29, 0.717) is 29.1 Å². The summed E-state index contributed by atoms with van der Waals surface area (Å²) >= 11 is 0. The molecule has 0 bridgehead atoms. The van der Waals surface area contributed by atoms with Crippen LogP contribution in [0.15, 0.2) is 11.6 Å². The summed E-state index contributed by atoms with van der Waals surface area (Å²) in [4.78, 5) is 12.3. The summed E-state index contributed by atoms with van der Waals surface area (Å²) in [6.07, 6.45) is 11.8. The summed E-state index contributed by atoms with van der Waals surface area (Å²) in [5.74, 6) is 2.87. The van der Waals surface area contributed by atoms with Crippen LogP contribution >= 0.6 is 0 Å². The summed E-state index contributed by atoms with van der Waals surface area (Å²) in [6, 6.07) is 0. The maximum absolute atomic E-state index is 12.3. The first-order chi connectivity index (χ1) is 12.3. The smallest absolute Gasteiger partial charge is 0.222 e. The zero-order valence-corrected chi connectivity index (χ0v) is 17.1. The second-order valence-corrected chi connectivity index (χ2v) is 10.3. The maximum Gasteiger partial charge on any atom is 0.222 e. The fourth-order valence-corrected chi connectivity index (χ4v) is 7.76. The van der Waals surface area contributed by atoms with Crippen molar-refractivity contribution in [2.75, 3.05) is 7.05 Å². The van der Waals surface area contributed by atoms with Gasteiger partial charge < -0.3 is 10.4 Å². The molecule has 0 saturated heterocycles. The lowest BCUT2D eigenvalue weighted by atomic mass is 9.47. The van der Waals surface area contributed by atoms with E-state index >= 15 is 0 Å². The van der Waals surface area contributed by atoms with Crippen LogP contribution in [-0.2, 0) is 4.79 Å². The predicted molar refractivity (Wildman–Crippen MR) is 104 cm³/mol. The molecule has 3 fully saturated rings. The van der Waals surface area contributed by atoms with E-state index in [-0.39, 0.29) is 23.3 Å². The lowest BCUT2D eigenvalue weighted by molar-refractivity contribution is -0.127. The second kappa shape index (κ2) is 6.36. The fraction of sp³-hybridized carbons (Fsp3) is 0.870. The van der Waals surface area contributed by atoms with Gasteiger partial charge in [-0.05, 0) is 85.9 Å². The number of hydrogen-bond donors (Lipinski definition) is 2. The molecule has 0 spiro atoms. The minimum absolute atomic E-state index is 0.0823. The number of aliphatic hydroxyl groups excluding tert-OH is 1. The number of carbonyl (C=O) groups is 1. The molecule has 1 unspecified atom stereocenters. The number of rotatable bonds is 2. The normalized spacial score (nSPS) is 48.7. The molecule has 0 aromatic heterocycles. The Labute approximate surface area is 159 Å². The standard InChI is InChI=1S/C23H37NO2/c1-14(21(26)24-4)18-7-8-19-17-6-5-15-13-16(25)9-11-22(15,2)20(17)10-12-23(18,19)3/h6,14-16,18-20,25H,5,7-13H2,1-4H3,(H,24,26)/t14-,15?,16-,18+,19-,20-,22-,23+/m0/s1. The van der Waals surface area contributed by atoms with Crippen LogP contribution in [0, 0.1) is 40.4 Å². The zero-order chi connectivity index (χ0) is 18.7. The Balaban J connectivity index is 1.62. The predicted octanol–water partition coefficient (Wildman–Crippen LogP) is 4.31. The first-order valence-electron chi connectivity index (χ1n) is 10.9. The molecule has 1 amide bonds. The molecule has 3 nitrogen and oxygen atoms in total. The average Bonchev–Trinajstić information content (AvgIpc) is 2.98. The minimum Gasteiger partial charge on any atom is -0.393 e. The quantitative estimate of drug-likeness (QED) is 0.722. The molecule has 146 valence electrons. The zero-order valence-electron chi connectivity index (χ0n) is 17.1. The van der Waals surface area contributed by atoms with Gasteiger partial charge in [0.1, 0.15) is 0 Å². The van der Waals surface area contributed by atoms with E-state index in [0.717, 1.165) is 19.3 Å².